The second kappa shape index (κ2) is 5.34. The smallest absolute Gasteiger partial charge is 0.316 e. The van der Waals surface area contributed by atoms with Crippen LogP contribution < -0.4 is 15.1 Å². The Kier molecular flexibility index (Phi) is 3.61. The summed E-state index contributed by atoms with van der Waals surface area (Å²) >= 11 is 0. The van der Waals surface area contributed by atoms with Gasteiger partial charge >= 0.3 is 5.82 Å². The molecule has 6 nitrogen and oxygen atoms in total. The number of imidazole rings is 1. The second-order valence-electron chi connectivity index (χ2n) is 4.02. The highest BCUT2D eigenvalue weighted by molar-refractivity contribution is 5.89. The molecule has 0 aliphatic heterocycles. The van der Waals surface area contributed by atoms with E-state index >= 15 is 0 Å². The average Bonchev–Trinajstić information content (AvgIpc) is 2.71. The van der Waals surface area contributed by atoms with E-state index in [2.05, 4.69) is 10.4 Å². The first kappa shape index (κ1) is 12.8. The standard InChI is InChI=1S/C13H14N4O2/c1-10(18)15-17-9-8-16(2)13(17)12(19)14-11-6-4-3-5-7-11/h3-9H,1-2H3,(H-,14,15,18,19). The molecule has 0 atom stereocenters. The van der Waals surface area contributed by atoms with Crippen LogP contribution in [0.5, 0.6) is 0 Å². The Hall–Kier alpha value is -2.63. The van der Waals surface area contributed by atoms with E-state index in [0.29, 0.717) is 5.69 Å². The molecule has 2 aromatic rings. The van der Waals surface area contributed by atoms with Gasteiger partial charge in [-0.05, 0) is 12.1 Å². The summed E-state index contributed by atoms with van der Waals surface area (Å²) in [6.07, 6.45) is 3.26. The van der Waals surface area contributed by atoms with Crippen molar-refractivity contribution in [1.29, 1.82) is 0 Å². The van der Waals surface area contributed by atoms with Gasteiger partial charge in [0.25, 0.3) is 5.91 Å². The van der Waals surface area contributed by atoms with Gasteiger partial charge in [0.15, 0.2) is 6.20 Å². The number of hydrogen-bond donors (Lipinski definition) is 1. The highest BCUT2D eigenvalue weighted by Crippen LogP contribution is 2.10. The third-order valence-electron chi connectivity index (χ3n) is 2.46. The molecule has 0 spiro atoms. The predicted octanol–water partition coefficient (Wildman–Crippen LogP) is -0.159. The van der Waals surface area contributed by atoms with E-state index in [0.717, 1.165) is 0 Å². The number of rotatable bonds is 3. The van der Waals surface area contributed by atoms with Gasteiger partial charge in [-0.25, -0.2) is 4.57 Å². The topological polar surface area (TPSA) is 73.3 Å². The summed E-state index contributed by atoms with van der Waals surface area (Å²) in [5, 5.41) is 12.1. The number of amides is 1. The minimum absolute atomic E-state index is 0.259. The lowest BCUT2D eigenvalue weighted by Crippen LogP contribution is -2.42. The number of aryl methyl sites for hydroxylation is 1. The predicted molar refractivity (Wildman–Crippen MR) is 68.3 cm³/mol. The van der Waals surface area contributed by atoms with Crippen molar-refractivity contribution in [2.75, 3.05) is 5.43 Å². The van der Waals surface area contributed by atoms with Crippen molar-refractivity contribution in [3.63, 3.8) is 0 Å². The quantitative estimate of drug-likeness (QED) is 0.472. The highest BCUT2D eigenvalue weighted by Gasteiger charge is 2.16. The van der Waals surface area contributed by atoms with E-state index in [-0.39, 0.29) is 11.7 Å². The molecule has 1 N–H and O–H groups in total. The molecule has 6 heteroatoms. The number of aliphatic imine (C=N–C) groups is 1. The summed E-state index contributed by atoms with van der Waals surface area (Å²) in [4.78, 5) is 15.1. The lowest BCUT2D eigenvalue weighted by Gasteiger charge is -2.08. The maximum Gasteiger partial charge on any atom is 0.316 e. The Balaban J connectivity index is 2.38. The molecule has 1 heterocycles. The monoisotopic (exact) mass is 258 g/mol. The molecule has 0 radical (unpaired) electrons. The van der Waals surface area contributed by atoms with Gasteiger partial charge in [-0.3, -0.25) is 9.79 Å². The van der Waals surface area contributed by atoms with Crippen LogP contribution >= 0.6 is 0 Å². The van der Waals surface area contributed by atoms with Crippen LogP contribution in [-0.4, -0.2) is 16.5 Å². The average molecular weight is 258 g/mol. The van der Waals surface area contributed by atoms with Crippen LogP contribution in [0.1, 0.15) is 12.7 Å². The summed E-state index contributed by atoms with van der Waals surface area (Å²) < 4.78 is 2.96. The highest BCUT2D eigenvalue weighted by atomic mass is 16.3. The molecule has 0 saturated carbocycles. The van der Waals surface area contributed by atoms with Gasteiger partial charge in [0.2, 0.25) is 0 Å². The normalized spacial score (nSPS) is 11.4. The summed E-state index contributed by atoms with van der Waals surface area (Å²) in [6.45, 7) is 1.38. The Morgan fingerprint density at radius 2 is 2.05 bits per heavy atom. The molecule has 2 rings (SSSR count). The van der Waals surface area contributed by atoms with Crippen molar-refractivity contribution in [3.05, 3.63) is 48.5 Å². The molecule has 0 unspecified atom stereocenters. The Labute approximate surface area is 110 Å². The third kappa shape index (κ3) is 2.98. The van der Waals surface area contributed by atoms with Gasteiger partial charge in [-0.15, -0.1) is 4.68 Å². The zero-order chi connectivity index (χ0) is 13.8. The van der Waals surface area contributed by atoms with Crippen LogP contribution in [-0.2, 0) is 11.8 Å². The van der Waals surface area contributed by atoms with Crippen molar-refractivity contribution in [1.82, 2.24) is 4.68 Å². The van der Waals surface area contributed by atoms with Gasteiger partial charge in [0.1, 0.15) is 6.20 Å². The lowest BCUT2D eigenvalue weighted by atomic mass is 10.3. The van der Waals surface area contributed by atoms with Crippen molar-refractivity contribution in [3.8, 4) is 0 Å². The number of carbonyl (C=O) groups is 1. The van der Waals surface area contributed by atoms with Gasteiger partial charge in [0, 0.05) is 6.92 Å². The minimum atomic E-state index is -0.424. The summed E-state index contributed by atoms with van der Waals surface area (Å²) in [5.74, 6) is -0.406. The van der Waals surface area contributed by atoms with Crippen LogP contribution in [0.25, 0.3) is 0 Å². The maximum atomic E-state index is 12.1. The molecule has 19 heavy (non-hydrogen) atoms. The molecular weight excluding hydrogens is 244 g/mol. The first-order valence-corrected chi connectivity index (χ1v) is 5.73. The first-order chi connectivity index (χ1) is 9.08. The summed E-state index contributed by atoms with van der Waals surface area (Å²) in [6, 6.07) is 8.94. The maximum absolute atomic E-state index is 12.1. The first-order valence-electron chi connectivity index (χ1n) is 5.73. The molecule has 0 fully saturated rings. The fraction of sp³-hybridized carbons (Fsp3) is 0.154. The van der Waals surface area contributed by atoms with Crippen LogP contribution in [0.15, 0.2) is 47.7 Å². The minimum Gasteiger partial charge on any atom is -0.853 e. The molecule has 1 amide bonds. The number of carbonyl (C=O) groups excluding carboxylic acids is 1. The molecular formula is C13H14N4O2. The van der Waals surface area contributed by atoms with E-state index in [1.807, 2.05) is 6.07 Å². The van der Waals surface area contributed by atoms with Crippen LogP contribution in [0, 0.1) is 0 Å². The number of hydrogen-bond acceptors (Lipinski definition) is 3. The van der Waals surface area contributed by atoms with E-state index < -0.39 is 5.90 Å². The van der Waals surface area contributed by atoms with Gasteiger partial charge in [-0.1, -0.05) is 18.2 Å². The Morgan fingerprint density at radius 1 is 1.37 bits per heavy atom. The SMILES string of the molecule is CC(=O)Nn1cc[n+](C)c1C([O-])=Nc1ccccc1. The summed E-state index contributed by atoms with van der Waals surface area (Å²) in [7, 11) is 1.71. The largest absolute Gasteiger partial charge is 0.853 e. The van der Waals surface area contributed by atoms with E-state index in [1.54, 1.807) is 48.3 Å². The van der Waals surface area contributed by atoms with E-state index in [1.165, 1.54) is 11.6 Å². The number of aromatic nitrogens is 2. The molecule has 1 aromatic carbocycles. The van der Waals surface area contributed by atoms with Crippen LogP contribution in [0.3, 0.4) is 0 Å². The Morgan fingerprint density at radius 3 is 2.68 bits per heavy atom. The number of nitrogens with zero attached hydrogens (tertiary/aromatic N) is 3. The number of nitrogens with one attached hydrogen (secondary N) is 1. The third-order valence-corrected chi connectivity index (χ3v) is 2.46. The van der Waals surface area contributed by atoms with Gasteiger partial charge in [0.05, 0.1) is 18.6 Å². The molecule has 0 aliphatic carbocycles. The molecule has 0 bridgehead atoms. The zero-order valence-electron chi connectivity index (χ0n) is 10.7. The van der Waals surface area contributed by atoms with Crippen molar-refractivity contribution >= 4 is 17.5 Å². The number of para-hydroxylation sites is 1. The van der Waals surface area contributed by atoms with Crippen molar-refractivity contribution < 1.29 is 14.5 Å². The molecule has 0 saturated heterocycles. The molecule has 1 aromatic heterocycles. The van der Waals surface area contributed by atoms with Crippen LogP contribution in [0.4, 0.5) is 5.69 Å². The number of benzene rings is 1. The van der Waals surface area contributed by atoms with Gasteiger partial charge in [-0.2, -0.15) is 5.43 Å². The lowest BCUT2D eigenvalue weighted by molar-refractivity contribution is -0.674. The van der Waals surface area contributed by atoms with Crippen molar-refractivity contribution in [2.24, 2.45) is 12.0 Å². The zero-order valence-corrected chi connectivity index (χ0v) is 10.7. The van der Waals surface area contributed by atoms with Crippen molar-refractivity contribution in [2.45, 2.75) is 6.92 Å². The fourth-order valence-corrected chi connectivity index (χ4v) is 1.66. The molecule has 98 valence electrons. The van der Waals surface area contributed by atoms with Crippen LogP contribution in [0.2, 0.25) is 0 Å². The Bertz CT molecular complexity index is 617. The van der Waals surface area contributed by atoms with E-state index in [4.69, 9.17) is 0 Å². The molecule has 0 aliphatic rings. The fourth-order valence-electron chi connectivity index (χ4n) is 1.66. The van der Waals surface area contributed by atoms with Gasteiger partial charge < -0.3 is 5.11 Å². The second-order valence-corrected chi connectivity index (χ2v) is 4.02. The van der Waals surface area contributed by atoms with E-state index in [9.17, 15) is 9.90 Å². The summed E-state index contributed by atoms with van der Waals surface area (Å²) in [5.41, 5.74) is 3.11.